The number of nitrogens with two attached hydrogens (primary N) is 1. The van der Waals surface area contributed by atoms with E-state index in [1.54, 1.807) is 0 Å². The van der Waals surface area contributed by atoms with Crippen molar-refractivity contribution in [3.05, 3.63) is 12.4 Å². The summed E-state index contributed by atoms with van der Waals surface area (Å²) in [7, 11) is 0. The fourth-order valence-corrected chi connectivity index (χ4v) is 3.24. The lowest BCUT2D eigenvalue weighted by Gasteiger charge is -2.25. The third kappa shape index (κ3) is 4.44. The van der Waals surface area contributed by atoms with Crippen LogP contribution in [-0.4, -0.2) is 55.7 Å². The van der Waals surface area contributed by atoms with E-state index >= 15 is 0 Å². The van der Waals surface area contributed by atoms with Gasteiger partial charge in [0.05, 0.1) is 12.9 Å². The number of hydrogen-bond acceptors (Lipinski definition) is 9. The van der Waals surface area contributed by atoms with Gasteiger partial charge in [0.2, 0.25) is 0 Å². The van der Waals surface area contributed by atoms with Crippen LogP contribution in [0.15, 0.2) is 6.33 Å². The summed E-state index contributed by atoms with van der Waals surface area (Å²) in [5.41, 5.74) is 4.35. The number of terminal acetylenes is 1. The molecule has 0 aliphatic carbocycles. The van der Waals surface area contributed by atoms with Crippen molar-refractivity contribution in [3.8, 4) is 12.3 Å². The fourth-order valence-electron chi connectivity index (χ4n) is 3.24. The van der Waals surface area contributed by atoms with Gasteiger partial charge < -0.3 is 25.1 Å². The number of carbonyl (C=O) groups is 1. The molecule has 0 amide bonds. The molecule has 1 fully saturated rings. The highest BCUT2D eigenvalue weighted by Gasteiger charge is 2.49. The Morgan fingerprint density at radius 2 is 2.27 bits per heavy atom. The summed E-state index contributed by atoms with van der Waals surface area (Å²) in [6.45, 7) is 1.91. The molecule has 1 aliphatic rings. The van der Waals surface area contributed by atoms with Crippen molar-refractivity contribution >= 4 is 23.1 Å². The van der Waals surface area contributed by atoms with Crippen LogP contribution in [0.1, 0.15) is 45.3 Å². The highest BCUT2D eigenvalue weighted by molar-refractivity contribution is 5.81. The summed E-state index contributed by atoms with van der Waals surface area (Å²) < 4.78 is 30.9. The van der Waals surface area contributed by atoms with Gasteiger partial charge in [-0.1, -0.05) is 32.1 Å². The molecule has 3 atom stereocenters. The highest BCUT2D eigenvalue weighted by Crippen LogP contribution is 2.38. The number of nitrogens with zero attached hydrogens (tertiary/aromatic N) is 4. The number of unbranched alkanes of at least 4 members (excludes halogenated alkanes) is 3. The average Bonchev–Trinajstić information content (AvgIpc) is 3.27. The van der Waals surface area contributed by atoms with Crippen LogP contribution >= 0.6 is 0 Å². The predicted octanol–water partition coefficient (Wildman–Crippen LogP) is 1.93. The Balaban J connectivity index is 1.65. The average molecular weight is 421 g/mol. The van der Waals surface area contributed by atoms with Gasteiger partial charge in [-0.25, -0.2) is 9.78 Å². The van der Waals surface area contributed by atoms with Crippen LogP contribution in [0.25, 0.3) is 11.2 Å². The number of carbonyl (C=O) groups excluding carboxylic acids is 1. The van der Waals surface area contributed by atoms with E-state index in [0.29, 0.717) is 0 Å². The monoisotopic (exact) mass is 421 g/mol. The normalized spacial score (nSPS) is 23.4. The molecule has 2 aromatic heterocycles. The van der Waals surface area contributed by atoms with Crippen molar-refractivity contribution in [3.63, 3.8) is 0 Å². The lowest BCUT2D eigenvalue weighted by molar-refractivity contribution is -0.0980. The number of nitrogen functional groups attached to an aromatic ring is 1. The molecule has 11 heteroatoms. The smallest absolute Gasteiger partial charge is 0.434 e. The minimum absolute atomic E-state index is 0.0383. The Labute approximate surface area is 172 Å². The Morgan fingerprint density at radius 1 is 1.47 bits per heavy atom. The maximum atomic E-state index is 13.6. The molecule has 0 unspecified atom stereocenters. The minimum atomic E-state index is -1.60. The Morgan fingerprint density at radius 3 is 3.00 bits per heavy atom. The van der Waals surface area contributed by atoms with Crippen LogP contribution < -0.4 is 5.73 Å². The van der Waals surface area contributed by atoms with Crippen LogP contribution in [0.5, 0.6) is 0 Å². The zero-order chi connectivity index (χ0) is 21.7. The van der Waals surface area contributed by atoms with Gasteiger partial charge in [0.15, 0.2) is 22.6 Å². The first-order valence-corrected chi connectivity index (χ1v) is 9.69. The topological polar surface area (TPSA) is 135 Å². The van der Waals surface area contributed by atoms with E-state index in [4.69, 9.17) is 26.4 Å². The number of fused-ring (bicyclic) bond motifs is 1. The molecular formula is C19H24FN5O5. The van der Waals surface area contributed by atoms with Gasteiger partial charge in [0.1, 0.15) is 18.9 Å². The zero-order valence-electron chi connectivity index (χ0n) is 16.6. The molecule has 30 heavy (non-hydrogen) atoms. The Bertz CT molecular complexity index is 945. The van der Waals surface area contributed by atoms with Crippen molar-refractivity contribution in [2.75, 3.05) is 18.9 Å². The van der Waals surface area contributed by atoms with Gasteiger partial charge in [0.25, 0.3) is 0 Å². The first-order chi connectivity index (χ1) is 14.4. The Kier molecular flexibility index (Phi) is 6.69. The van der Waals surface area contributed by atoms with E-state index in [1.807, 2.05) is 0 Å². The van der Waals surface area contributed by atoms with E-state index in [1.165, 1.54) is 10.9 Å². The van der Waals surface area contributed by atoms with Crippen molar-refractivity contribution in [1.82, 2.24) is 19.5 Å². The molecule has 0 spiro atoms. The standard InChI is InChI=1S/C19H24FN5O5/c1-3-5-6-7-8-28-18(27)29-10-19(4-2)12(26)9-13(30-19)25-11-22-14-15(21)23-17(20)24-16(14)25/h2,11-13,26H,3,5-10H2,1H3,(H2,21,23,24)/t12-,13+,19+/m0/s1. The summed E-state index contributed by atoms with van der Waals surface area (Å²) in [6, 6.07) is 0. The van der Waals surface area contributed by atoms with E-state index < -0.39 is 36.8 Å². The number of aromatic nitrogens is 4. The van der Waals surface area contributed by atoms with Crippen LogP contribution in [0.4, 0.5) is 15.0 Å². The maximum Gasteiger partial charge on any atom is 0.508 e. The van der Waals surface area contributed by atoms with Crippen LogP contribution in [-0.2, 0) is 14.2 Å². The van der Waals surface area contributed by atoms with E-state index in [9.17, 15) is 14.3 Å². The van der Waals surface area contributed by atoms with Gasteiger partial charge >= 0.3 is 12.2 Å². The summed E-state index contributed by atoms with van der Waals surface area (Å²) in [5.74, 6) is 2.24. The second-order valence-electron chi connectivity index (χ2n) is 7.01. The molecule has 3 heterocycles. The SMILES string of the molecule is C#C[C@]1(COC(=O)OCCCCCC)O[C@@H](n2cnc3c(N)nc(F)nc32)C[C@@H]1O. The van der Waals surface area contributed by atoms with Gasteiger partial charge in [-0.05, 0) is 6.42 Å². The number of aliphatic hydroxyl groups excluding tert-OH is 1. The molecule has 0 saturated carbocycles. The lowest BCUT2D eigenvalue weighted by atomic mass is 9.99. The van der Waals surface area contributed by atoms with Gasteiger partial charge in [-0.3, -0.25) is 4.57 Å². The van der Waals surface area contributed by atoms with Gasteiger partial charge in [-0.2, -0.15) is 14.4 Å². The molecule has 10 nitrogen and oxygen atoms in total. The number of halogens is 1. The molecule has 3 N–H and O–H groups in total. The third-order valence-electron chi connectivity index (χ3n) is 4.91. The molecule has 0 bridgehead atoms. The van der Waals surface area contributed by atoms with E-state index in [2.05, 4.69) is 27.8 Å². The quantitative estimate of drug-likeness (QED) is 0.284. The van der Waals surface area contributed by atoms with Crippen molar-refractivity contribution < 1.29 is 28.5 Å². The zero-order valence-corrected chi connectivity index (χ0v) is 16.6. The summed E-state index contributed by atoms with van der Waals surface area (Å²) in [5, 5.41) is 10.5. The summed E-state index contributed by atoms with van der Waals surface area (Å²) >= 11 is 0. The van der Waals surface area contributed by atoms with Gasteiger partial charge in [0, 0.05) is 6.42 Å². The fraction of sp³-hybridized carbons (Fsp3) is 0.579. The van der Waals surface area contributed by atoms with Gasteiger partial charge in [-0.15, -0.1) is 6.42 Å². The largest absolute Gasteiger partial charge is 0.508 e. The summed E-state index contributed by atoms with van der Waals surface area (Å²) in [4.78, 5) is 23.0. The molecule has 2 aromatic rings. The van der Waals surface area contributed by atoms with Crippen molar-refractivity contribution in [1.29, 1.82) is 0 Å². The maximum absolute atomic E-state index is 13.6. The van der Waals surface area contributed by atoms with Crippen molar-refractivity contribution in [2.45, 2.75) is 57.0 Å². The van der Waals surface area contributed by atoms with E-state index in [0.717, 1.165) is 25.7 Å². The molecule has 1 aliphatic heterocycles. The second kappa shape index (κ2) is 9.23. The molecular weight excluding hydrogens is 397 g/mol. The molecule has 1 saturated heterocycles. The van der Waals surface area contributed by atoms with E-state index in [-0.39, 0.29) is 30.0 Å². The lowest BCUT2D eigenvalue weighted by Crippen LogP contribution is -2.43. The first-order valence-electron chi connectivity index (χ1n) is 9.69. The third-order valence-corrected chi connectivity index (χ3v) is 4.91. The highest BCUT2D eigenvalue weighted by atomic mass is 19.1. The Hall–Kier alpha value is -2.97. The van der Waals surface area contributed by atoms with Crippen molar-refractivity contribution in [2.24, 2.45) is 0 Å². The molecule has 3 rings (SSSR count). The molecule has 0 aromatic carbocycles. The molecule has 162 valence electrons. The number of ether oxygens (including phenoxy) is 3. The first kappa shape index (κ1) is 21.7. The molecule has 0 radical (unpaired) electrons. The minimum Gasteiger partial charge on any atom is -0.434 e. The summed E-state index contributed by atoms with van der Waals surface area (Å²) in [6.07, 6.45) is 6.87. The second-order valence-corrected chi connectivity index (χ2v) is 7.01. The number of imidazole rings is 1. The number of hydrogen-bond donors (Lipinski definition) is 2. The number of aliphatic hydroxyl groups is 1. The number of anilines is 1. The predicted molar refractivity (Wildman–Crippen MR) is 103 cm³/mol. The number of rotatable bonds is 8. The van der Waals surface area contributed by atoms with Crippen LogP contribution in [0.2, 0.25) is 0 Å². The van der Waals surface area contributed by atoms with Crippen LogP contribution in [0.3, 0.4) is 0 Å². The van der Waals surface area contributed by atoms with Crippen LogP contribution in [0, 0.1) is 18.4 Å².